The summed E-state index contributed by atoms with van der Waals surface area (Å²) in [5.74, 6) is 0.106. The molecule has 0 heterocycles. The van der Waals surface area contributed by atoms with Crippen LogP contribution < -0.4 is 11.1 Å². The van der Waals surface area contributed by atoms with E-state index in [1.54, 1.807) is 12.2 Å². The average molecular weight is 216 g/mol. The highest BCUT2D eigenvalue weighted by Gasteiger charge is 2.10. The molecule has 1 unspecified atom stereocenters. The molecule has 16 heavy (non-hydrogen) atoms. The first-order chi connectivity index (χ1) is 7.63. The summed E-state index contributed by atoms with van der Waals surface area (Å²) in [6.45, 7) is 5.47. The SMILES string of the molecule is C=CNC(=O)CC1=CC=C(N)C=C=CC1C. The van der Waals surface area contributed by atoms with Crippen molar-refractivity contribution < 1.29 is 4.79 Å². The minimum absolute atomic E-state index is 0.0713. The van der Waals surface area contributed by atoms with Crippen LogP contribution >= 0.6 is 0 Å². The Kier molecular flexibility index (Phi) is 4.37. The lowest BCUT2D eigenvalue weighted by Gasteiger charge is -2.11. The summed E-state index contributed by atoms with van der Waals surface area (Å²) in [6, 6.07) is 0. The molecule has 0 spiro atoms. The van der Waals surface area contributed by atoms with Crippen LogP contribution in [0.2, 0.25) is 0 Å². The fourth-order valence-electron chi connectivity index (χ4n) is 1.37. The molecule has 0 radical (unpaired) electrons. The van der Waals surface area contributed by atoms with E-state index in [9.17, 15) is 4.79 Å². The minimum Gasteiger partial charge on any atom is -0.398 e. The molecule has 0 bridgehead atoms. The Morgan fingerprint density at radius 2 is 2.44 bits per heavy atom. The molecule has 1 atom stereocenters. The van der Waals surface area contributed by atoms with Crippen LogP contribution in [0, 0.1) is 5.92 Å². The standard InChI is InChI=1S/C13H16N2O/c1-3-15-13(16)9-11-7-8-12(14)6-4-5-10(11)2/h3,5-8,10H,1,9,14H2,2H3,(H,15,16). The molecule has 1 aliphatic carbocycles. The van der Waals surface area contributed by atoms with Crippen LogP contribution in [0.5, 0.6) is 0 Å². The Balaban J connectivity index is 2.81. The van der Waals surface area contributed by atoms with E-state index in [4.69, 9.17) is 5.73 Å². The predicted octanol–water partition coefficient (Wildman–Crippen LogP) is 1.77. The van der Waals surface area contributed by atoms with Gasteiger partial charge in [0, 0.05) is 24.1 Å². The number of amides is 1. The van der Waals surface area contributed by atoms with Gasteiger partial charge < -0.3 is 11.1 Å². The maximum Gasteiger partial charge on any atom is 0.228 e. The van der Waals surface area contributed by atoms with Crippen LogP contribution in [0.4, 0.5) is 0 Å². The molecule has 0 aromatic heterocycles. The summed E-state index contributed by atoms with van der Waals surface area (Å²) in [5, 5.41) is 2.55. The first kappa shape index (κ1) is 12.1. The van der Waals surface area contributed by atoms with Crippen LogP contribution in [-0.2, 0) is 4.79 Å². The van der Waals surface area contributed by atoms with Crippen molar-refractivity contribution in [2.75, 3.05) is 0 Å². The van der Waals surface area contributed by atoms with Crippen molar-refractivity contribution in [2.45, 2.75) is 13.3 Å². The third kappa shape index (κ3) is 3.64. The second kappa shape index (κ2) is 5.79. The highest BCUT2D eigenvalue weighted by Crippen LogP contribution is 2.17. The summed E-state index contributed by atoms with van der Waals surface area (Å²) in [7, 11) is 0. The molecule has 84 valence electrons. The highest BCUT2D eigenvalue weighted by molar-refractivity contribution is 5.79. The van der Waals surface area contributed by atoms with Gasteiger partial charge in [0.25, 0.3) is 0 Å². The molecule has 3 nitrogen and oxygen atoms in total. The van der Waals surface area contributed by atoms with E-state index in [1.807, 2.05) is 19.1 Å². The summed E-state index contributed by atoms with van der Waals surface area (Å²) in [6.07, 6.45) is 9.01. The lowest BCUT2D eigenvalue weighted by Crippen LogP contribution is -2.18. The largest absolute Gasteiger partial charge is 0.398 e. The smallest absolute Gasteiger partial charge is 0.228 e. The zero-order valence-corrected chi connectivity index (χ0v) is 9.36. The molecular formula is C13H16N2O. The van der Waals surface area contributed by atoms with Crippen molar-refractivity contribution in [2.24, 2.45) is 11.7 Å². The molecule has 1 rings (SSSR count). The molecule has 0 saturated heterocycles. The highest BCUT2D eigenvalue weighted by atomic mass is 16.1. The van der Waals surface area contributed by atoms with Crippen molar-refractivity contribution in [1.29, 1.82) is 0 Å². The van der Waals surface area contributed by atoms with Crippen molar-refractivity contribution in [1.82, 2.24) is 5.32 Å². The molecule has 3 heteroatoms. The number of hydrogen-bond acceptors (Lipinski definition) is 2. The number of hydrogen-bond donors (Lipinski definition) is 2. The van der Waals surface area contributed by atoms with E-state index < -0.39 is 0 Å². The summed E-state index contributed by atoms with van der Waals surface area (Å²) < 4.78 is 0. The van der Waals surface area contributed by atoms with Gasteiger partial charge in [-0.1, -0.05) is 25.2 Å². The molecule has 0 fully saturated rings. The number of carbonyl (C=O) groups excluding carboxylic acids is 1. The Bertz CT molecular complexity index is 410. The quantitative estimate of drug-likeness (QED) is 0.706. The second-order valence-corrected chi connectivity index (χ2v) is 3.62. The molecule has 1 amide bonds. The van der Waals surface area contributed by atoms with Crippen LogP contribution in [0.1, 0.15) is 13.3 Å². The van der Waals surface area contributed by atoms with Crippen molar-refractivity contribution in [3.8, 4) is 0 Å². The van der Waals surface area contributed by atoms with E-state index in [-0.39, 0.29) is 11.8 Å². The third-order valence-corrected chi connectivity index (χ3v) is 2.30. The van der Waals surface area contributed by atoms with Gasteiger partial charge in [0.05, 0.1) is 0 Å². The molecule has 0 saturated carbocycles. The number of rotatable bonds is 3. The third-order valence-electron chi connectivity index (χ3n) is 2.30. The van der Waals surface area contributed by atoms with Gasteiger partial charge in [0.1, 0.15) is 0 Å². The van der Waals surface area contributed by atoms with E-state index >= 15 is 0 Å². The molecular weight excluding hydrogens is 200 g/mol. The van der Waals surface area contributed by atoms with E-state index in [2.05, 4.69) is 17.6 Å². The topological polar surface area (TPSA) is 55.1 Å². The molecule has 0 aromatic carbocycles. The number of carbonyl (C=O) groups is 1. The molecule has 0 aliphatic heterocycles. The summed E-state index contributed by atoms with van der Waals surface area (Å²) in [4.78, 5) is 11.4. The predicted molar refractivity (Wildman–Crippen MR) is 65.1 cm³/mol. The fourth-order valence-corrected chi connectivity index (χ4v) is 1.37. The Morgan fingerprint density at radius 1 is 1.69 bits per heavy atom. The van der Waals surface area contributed by atoms with Gasteiger partial charge >= 0.3 is 0 Å². The Labute approximate surface area is 95.7 Å². The van der Waals surface area contributed by atoms with Crippen LogP contribution in [0.25, 0.3) is 0 Å². The van der Waals surface area contributed by atoms with Crippen LogP contribution in [-0.4, -0.2) is 5.91 Å². The number of nitrogens with two attached hydrogens (primary N) is 1. The van der Waals surface area contributed by atoms with Gasteiger partial charge in [-0.15, -0.1) is 5.73 Å². The van der Waals surface area contributed by atoms with Gasteiger partial charge in [0.2, 0.25) is 5.91 Å². The maximum atomic E-state index is 11.4. The molecule has 1 aliphatic rings. The Hall–Kier alpha value is -1.99. The zero-order valence-electron chi connectivity index (χ0n) is 9.36. The number of nitrogens with one attached hydrogen (secondary N) is 1. The molecule has 3 N–H and O–H groups in total. The first-order valence-electron chi connectivity index (χ1n) is 5.12. The van der Waals surface area contributed by atoms with Gasteiger partial charge in [-0.3, -0.25) is 4.79 Å². The normalized spacial score (nSPS) is 19.2. The number of allylic oxidation sites excluding steroid dienone is 3. The minimum atomic E-state index is -0.0713. The average Bonchev–Trinajstić information content (AvgIpc) is 2.22. The fraction of sp³-hybridized carbons (Fsp3) is 0.231. The summed E-state index contributed by atoms with van der Waals surface area (Å²) in [5.41, 5.74) is 10.3. The lowest BCUT2D eigenvalue weighted by atomic mass is 9.96. The Morgan fingerprint density at radius 3 is 3.12 bits per heavy atom. The van der Waals surface area contributed by atoms with Crippen molar-refractivity contribution >= 4 is 5.91 Å². The second-order valence-electron chi connectivity index (χ2n) is 3.62. The summed E-state index contributed by atoms with van der Waals surface area (Å²) >= 11 is 0. The zero-order chi connectivity index (χ0) is 12.0. The molecule has 0 aromatic rings. The van der Waals surface area contributed by atoms with E-state index in [1.165, 1.54) is 6.20 Å². The monoisotopic (exact) mass is 216 g/mol. The van der Waals surface area contributed by atoms with Gasteiger partial charge in [-0.25, -0.2) is 0 Å². The maximum absolute atomic E-state index is 11.4. The van der Waals surface area contributed by atoms with E-state index in [0.29, 0.717) is 12.1 Å². The first-order valence-corrected chi connectivity index (χ1v) is 5.12. The van der Waals surface area contributed by atoms with Crippen molar-refractivity contribution in [3.05, 3.63) is 54.1 Å². The van der Waals surface area contributed by atoms with E-state index in [0.717, 1.165) is 5.57 Å². The lowest BCUT2D eigenvalue weighted by molar-refractivity contribution is -0.119. The van der Waals surface area contributed by atoms with Crippen molar-refractivity contribution in [3.63, 3.8) is 0 Å². The van der Waals surface area contributed by atoms with Gasteiger partial charge in [-0.05, 0) is 18.4 Å². The van der Waals surface area contributed by atoms with Gasteiger partial charge in [0.15, 0.2) is 0 Å². The van der Waals surface area contributed by atoms with Crippen LogP contribution in [0.3, 0.4) is 0 Å². The van der Waals surface area contributed by atoms with Crippen LogP contribution in [0.15, 0.2) is 54.1 Å². The van der Waals surface area contributed by atoms with Gasteiger partial charge in [-0.2, -0.15) is 0 Å².